The van der Waals surface area contributed by atoms with Crippen molar-refractivity contribution in [3.05, 3.63) is 60.7 Å². The molecular weight excluding hydrogens is 277 g/mol. The van der Waals surface area contributed by atoms with Crippen LogP contribution in [-0.2, 0) is 16.6 Å². The number of benzene rings is 2. The van der Waals surface area contributed by atoms with E-state index in [9.17, 15) is 4.79 Å². The molecule has 0 aliphatic rings. The van der Waals surface area contributed by atoms with E-state index >= 15 is 0 Å². The highest BCUT2D eigenvalue weighted by molar-refractivity contribution is 8.20. The van der Waals surface area contributed by atoms with Crippen molar-refractivity contribution in [3.63, 3.8) is 0 Å². The lowest BCUT2D eigenvalue weighted by Crippen LogP contribution is -2.30. The Bertz CT molecular complexity index is 558. The average Bonchev–Trinajstić information content (AvgIpc) is 2.46. The maximum absolute atomic E-state index is 10.8. The Balaban J connectivity index is 2.45. The standard InChI is InChI=1S/C14H14NO2PS/c16-14(17)11-15-18(19,12-7-3-1-4-8-12)13-9-5-2-6-10-13/h1-10H,11H2,(H,15,19)(H,16,17). The molecule has 19 heavy (non-hydrogen) atoms. The second kappa shape index (κ2) is 6.11. The molecule has 0 aliphatic heterocycles. The number of rotatable bonds is 5. The average molecular weight is 291 g/mol. The fourth-order valence-electron chi connectivity index (χ4n) is 1.79. The minimum Gasteiger partial charge on any atom is -0.480 e. The van der Waals surface area contributed by atoms with Gasteiger partial charge >= 0.3 is 5.97 Å². The zero-order valence-corrected chi connectivity index (χ0v) is 11.9. The van der Waals surface area contributed by atoms with Gasteiger partial charge < -0.3 is 5.11 Å². The fraction of sp³-hybridized carbons (Fsp3) is 0.0714. The number of carboxylic acids is 1. The van der Waals surface area contributed by atoms with Crippen LogP contribution in [0, 0.1) is 0 Å². The van der Waals surface area contributed by atoms with Gasteiger partial charge in [-0.05, 0) is 0 Å². The Morgan fingerprint density at radius 3 is 1.79 bits per heavy atom. The van der Waals surface area contributed by atoms with Gasteiger partial charge in [0.25, 0.3) is 0 Å². The predicted octanol–water partition coefficient (Wildman–Crippen LogP) is 1.71. The Morgan fingerprint density at radius 1 is 1.00 bits per heavy atom. The zero-order valence-electron chi connectivity index (χ0n) is 10.2. The fourth-order valence-corrected chi connectivity index (χ4v) is 4.92. The molecule has 0 atom stereocenters. The molecule has 0 aliphatic carbocycles. The molecule has 0 fully saturated rings. The van der Waals surface area contributed by atoms with Crippen LogP contribution in [0.25, 0.3) is 0 Å². The zero-order chi connectivity index (χ0) is 13.7. The lowest BCUT2D eigenvalue weighted by molar-refractivity contribution is -0.135. The van der Waals surface area contributed by atoms with Crippen molar-refractivity contribution in [1.29, 1.82) is 0 Å². The summed E-state index contributed by atoms with van der Waals surface area (Å²) in [5, 5.41) is 13.9. The highest BCUT2D eigenvalue weighted by Gasteiger charge is 2.22. The maximum Gasteiger partial charge on any atom is 0.317 e. The van der Waals surface area contributed by atoms with Crippen LogP contribution in [0.5, 0.6) is 0 Å². The van der Waals surface area contributed by atoms with Crippen LogP contribution >= 0.6 is 6.19 Å². The molecular formula is C14H14NO2PS. The van der Waals surface area contributed by atoms with Crippen LogP contribution in [0.3, 0.4) is 0 Å². The monoisotopic (exact) mass is 291 g/mol. The number of nitrogens with one attached hydrogen (secondary N) is 1. The molecule has 0 saturated heterocycles. The first-order chi connectivity index (χ1) is 9.13. The summed E-state index contributed by atoms with van der Waals surface area (Å²) in [5.74, 6) is -0.902. The van der Waals surface area contributed by atoms with Gasteiger partial charge in [0.2, 0.25) is 0 Å². The first-order valence-corrected chi connectivity index (χ1v) is 8.61. The van der Waals surface area contributed by atoms with Gasteiger partial charge in [-0.1, -0.05) is 72.5 Å². The molecule has 0 unspecified atom stereocenters. The van der Waals surface area contributed by atoms with Crippen LogP contribution in [-0.4, -0.2) is 17.6 Å². The molecule has 98 valence electrons. The quantitative estimate of drug-likeness (QED) is 0.823. The SMILES string of the molecule is O=C(O)CNP(=S)(c1ccccc1)c1ccccc1. The van der Waals surface area contributed by atoms with E-state index in [0.717, 1.165) is 10.6 Å². The summed E-state index contributed by atoms with van der Waals surface area (Å²) in [6.45, 7) is -0.138. The molecule has 0 amide bonds. The van der Waals surface area contributed by atoms with Crippen LogP contribution in [0.15, 0.2) is 60.7 Å². The molecule has 5 heteroatoms. The van der Waals surface area contributed by atoms with E-state index < -0.39 is 12.2 Å². The molecule has 0 spiro atoms. The van der Waals surface area contributed by atoms with Crippen LogP contribution in [0.4, 0.5) is 0 Å². The van der Waals surface area contributed by atoms with Gasteiger partial charge in [-0.15, -0.1) is 0 Å². The molecule has 0 heterocycles. The van der Waals surface area contributed by atoms with E-state index in [2.05, 4.69) is 5.09 Å². The topological polar surface area (TPSA) is 49.3 Å². The minimum absolute atomic E-state index is 0.138. The van der Waals surface area contributed by atoms with Gasteiger partial charge in [-0.3, -0.25) is 9.88 Å². The van der Waals surface area contributed by atoms with Gasteiger partial charge in [-0.25, -0.2) is 0 Å². The van der Waals surface area contributed by atoms with Crippen molar-refractivity contribution in [1.82, 2.24) is 5.09 Å². The molecule has 0 radical (unpaired) electrons. The highest BCUT2D eigenvalue weighted by atomic mass is 32.4. The van der Waals surface area contributed by atoms with Crippen molar-refractivity contribution in [3.8, 4) is 0 Å². The summed E-state index contributed by atoms with van der Waals surface area (Å²) in [6, 6.07) is 19.3. The molecule has 0 aromatic heterocycles. The van der Waals surface area contributed by atoms with Crippen molar-refractivity contribution in [2.75, 3.05) is 6.54 Å². The van der Waals surface area contributed by atoms with E-state index in [1.54, 1.807) is 0 Å². The molecule has 0 bridgehead atoms. The smallest absolute Gasteiger partial charge is 0.317 e. The van der Waals surface area contributed by atoms with Gasteiger partial charge in [0.1, 0.15) is 0 Å². The Hall–Kier alpha value is -1.48. The van der Waals surface area contributed by atoms with E-state index in [4.69, 9.17) is 16.9 Å². The molecule has 0 saturated carbocycles. The predicted molar refractivity (Wildman–Crippen MR) is 82.1 cm³/mol. The number of aliphatic carboxylic acids is 1. The van der Waals surface area contributed by atoms with E-state index in [-0.39, 0.29) is 6.54 Å². The Morgan fingerprint density at radius 2 is 1.42 bits per heavy atom. The summed E-state index contributed by atoms with van der Waals surface area (Å²) < 4.78 is 0. The van der Waals surface area contributed by atoms with E-state index in [1.807, 2.05) is 60.7 Å². The number of hydrogen-bond acceptors (Lipinski definition) is 2. The largest absolute Gasteiger partial charge is 0.480 e. The van der Waals surface area contributed by atoms with Crippen LogP contribution < -0.4 is 15.7 Å². The molecule has 2 aromatic carbocycles. The number of carbonyl (C=O) groups is 1. The lowest BCUT2D eigenvalue weighted by atomic mass is 10.4. The Labute approximate surface area is 117 Å². The summed E-state index contributed by atoms with van der Waals surface area (Å²) in [4.78, 5) is 10.8. The second-order valence-corrected chi connectivity index (χ2v) is 8.22. The third-order valence-corrected chi connectivity index (χ3v) is 7.00. The third-order valence-electron chi connectivity index (χ3n) is 2.69. The van der Waals surface area contributed by atoms with Crippen LogP contribution in [0.2, 0.25) is 0 Å². The first-order valence-electron chi connectivity index (χ1n) is 5.81. The van der Waals surface area contributed by atoms with E-state index in [0.29, 0.717) is 0 Å². The van der Waals surface area contributed by atoms with Gasteiger partial charge in [0.05, 0.1) is 12.7 Å². The number of hydrogen-bond donors (Lipinski definition) is 2. The number of carboxylic acid groups (broad SMARTS) is 1. The van der Waals surface area contributed by atoms with Gasteiger partial charge in [0.15, 0.2) is 0 Å². The summed E-state index contributed by atoms with van der Waals surface area (Å²) in [7, 11) is 0. The minimum atomic E-state index is -2.28. The van der Waals surface area contributed by atoms with E-state index in [1.165, 1.54) is 0 Å². The summed E-state index contributed by atoms with van der Waals surface area (Å²) in [6.07, 6.45) is -2.28. The van der Waals surface area contributed by atoms with Crippen molar-refractivity contribution in [2.45, 2.75) is 0 Å². The second-order valence-electron chi connectivity index (χ2n) is 4.01. The summed E-state index contributed by atoms with van der Waals surface area (Å²) in [5.41, 5.74) is 0. The molecule has 2 N–H and O–H groups in total. The Kier molecular flexibility index (Phi) is 4.48. The molecule has 2 rings (SSSR count). The first kappa shape index (κ1) is 13.9. The highest BCUT2D eigenvalue weighted by Crippen LogP contribution is 2.38. The van der Waals surface area contributed by atoms with Gasteiger partial charge in [0, 0.05) is 10.6 Å². The van der Waals surface area contributed by atoms with Crippen LogP contribution in [0.1, 0.15) is 0 Å². The summed E-state index contributed by atoms with van der Waals surface area (Å²) >= 11 is 5.79. The normalized spacial score (nSPS) is 11.2. The molecule has 2 aromatic rings. The van der Waals surface area contributed by atoms with Crippen molar-refractivity contribution < 1.29 is 9.90 Å². The van der Waals surface area contributed by atoms with Gasteiger partial charge in [-0.2, -0.15) is 0 Å². The lowest BCUT2D eigenvalue weighted by Gasteiger charge is -2.23. The maximum atomic E-state index is 10.8. The third kappa shape index (κ3) is 3.29. The van der Waals surface area contributed by atoms with Crippen molar-refractivity contribution in [2.24, 2.45) is 0 Å². The molecule has 3 nitrogen and oxygen atoms in total. The van der Waals surface area contributed by atoms with Crippen molar-refractivity contribution >= 4 is 34.6 Å².